The maximum Gasteiger partial charge on any atom is 0.0543 e. The predicted molar refractivity (Wildman–Crippen MR) is 68.3 cm³/mol. The van der Waals surface area contributed by atoms with Crippen molar-refractivity contribution in [2.45, 2.75) is 32.8 Å². The summed E-state index contributed by atoms with van der Waals surface area (Å²) in [5.74, 6) is 0.384. The molecule has 0 aliphatic carbocycles. The van der Waals surface area contributed by atoms with Crippen LogP contribution in [0.5, 0.6) is 0 Å². The van der Waals surface area contributed by atoms with Crippen molar-refractivity contribution >= 4 is 22.6 Å². The summed E-state index contributed by atoms with van der Waals surface area (Å²) in [6, 6.07) is 8.52. The molecule has 2 unspecified atom stereocenters. The van der Waals surface area contributed by atoms with Crippen molar-refractivity contribution in [3.63, 3.8) is 0 Å². The average molecular weight is 304 g/mol. The summed E-state index contributed by atoms with van der Waals surface area (Å²) < 4.78 is 1.26. The van der Waals surface area contributed by atoms with Gasteiger partial charge >= 0.3 is 0 Å². The average Bonchev–Trinajstić information content (AvgIpc) is 2.16. The third kappa shape index (κ3) is 3.58. The van der Waals surface area contributed by atoms with Gasteiger partial charge in [-0.25, -0.2) is 0 Å². The fraction of sp³-hybridized carbons (Fsp3) is 0.500. The number of hydrogen-bond donors (Lipinski definition) is 1. The summed E-state index contributed by atoms with van der Waals surface area (Å²) in [5, 5.41) is 9.53. The normalized spacial score (nSPS) is 15.1. The molecule has 1 N–H and O–H groups in total. The van der Waals surface area contributed by atoms with Crippen LogP contribution in [0, 0.1) is 9.49 Å². The molecule has 14 heavy (non-hydrogen) atoms. The van der Waals surface area contributed by atoms with Crippen LogP contribution >= 0.6 is 22.6 Å². The van der Waals surface area contributed by atoms with Crippen molar-refractivity contribution in [1.82, 2.24) is 0 Å². The first-order chi connectivity index (χ1) is 6.63. The number of aliphatic hydroxyl groups is 1. The van der Waals surface area contributed by atoms with Gasteiger partial charge in [-0.15, -0.1) is 0 Å². The Morgan fingerprint density at radius 1 is 1.29 bits per heavy atom. The predicted octanol–water partition coefficient (Wildman–Crippen LogP) is 3.24. The van der Waals surface area contributed by atoms with Crippen LogP contribution in [0.1, 0.15) is 25.8 Å². The van der Waals surface area contributed by atoms with Gasteiger partial charge in [0.1, 0.15) is 0 Å². The van der Waals surface area contributed by atoms with E-state index in [9.17, 15) is 5.11 Å². The molecule has 1 rings (SSSR count). The monoisotopic (exact) mass is 304 g/mol. The molecule has 2 atom stereocenters. The fourth-order valence-corrected chi connectivity index (χ4v) is 1.94. The maximum absolute atomic E-state index is 9.53. The Bertz CT molecular complexity index is 266. The van der Waals surface area contributed by atoms with Crippen LogP contribution in [-0.4, -0.2) is 11.2 Å². The molecule has 1 aromatic carbocycles. The van der Waals surface area contributed by atoms with Gasteiger partial charge in [0, 0.05) is 3.57 Å². The standard InChI is InChI=1S/C12H17IO/c1-3-11(9(2)14)8-10-4-6-12(13)7-5-10/h4-7,9,11,14H,3,8H2,1-2H3. The van der Waals surface area contributed by atoms with Crippen molar-refractivity contribution < 1.29 is 5.11 Å². The lowest BCUT2D eigenvalue weighted by Crippen LogP contribution is -2.18. The van der Waals surface area contributed by atoms with Crippen molar-refractivity contribution in [2.75, 3.05) is 0 Å². The second-order valence-electron chi connectivity index (χ2n) is 3.74. The van der Waals surface area contributed by atoms with Gasteiger partial charge in [0.05, 0.1) is 6.10 Å². The zero-order valence-electron chi connectivity index (χ0n) is 8.70. The van der Waals surface area contributed by atoms with Gasteiger partial charge in [-0.1, -0.05) is 25.5 Å². The molecule has 0 amide bonds. The first-order valence-corrected chi connectivity index (χ1v) is 6.14. The molecule has 0 aliphatic rings. The lowest BCUT2D eigenvalue weighted by atomic mass is 9.93. The van der Waals surface area contributed by atoms with Gasteiger partial charge in [-0.3, -0.25) is 0 Å². The smallest absolute Gasteiger partial charge is 0.0543 e. The third-order valence-corrected chi connectivity index (χ3v) is 3.34. The van der Waals surface area contributed by atoms with E-state index in [2.05, 4.69) is 53.8 Å². The van der Waals surface area contributed by atoms with E-state index in [0.29, 0.717) is 5.92 Å². The molecular formula is C12H17IO. The largest absolute Gasteiger partial charge is 0.393 e. The van der Waals surface area contributed by atoms with E-state index >= 15 is 0 Å². The molecule has 1 nitrogen and oxygen atoms in total. The second-order valence-corrected chi connectivity index (χ2v) is 4.99. The van der Waals surface area contributed by atoms with Crippen molar-refractivity contribution in [2.24, 2.45) is 5.92 Å². The number of halogens is 1. The summed E-state index contributed by atoms with van der Waals surface area (Å²) in [4.78, 5) is 0. The highest BCUT2D eigenvalue weighted by Crippen LogP contribution is 2.16. The summed E-state index contributed by atoms with van der Waals surface area (Å²) in [5.41, 5.74) is 1.32. The van der Waals surface area contributed by atoms with Gasteiger partial charge in [0.2, 0.25) is 0 Å². The van der Waals surface area contributed by atoms with E-state index in [0.717, 1.165) is 12.8 Å². The molecule has 0 fully saturated rings. The molecule has 2 heteroatoms. The van der Waals surface area contributed by atoms with Gasteiger partial charge in [-0.05, 0) is 59.5 Å². The molecular weight excluding hydrogens is 287 g/mol. The zero-order chi connectivity index (χ0) is 10.6. The van der Waals surface area contributed by atoms with E-state index in [4.69, 9.17) is 0 Å². The SMILES string of the molecule is CCC(Cc1ccc(I)cc1)C(C)O. The second kappa shape index (κ2) is 5.71. The van der Waals surface area contributed by atoms with E-state index in [1.807, 2.05) is 6.92 Å². The minimum Gasteiger partial charge on any atom is -0.393 e. The maximum atomic E-state index is 9.53. The van der Waals surface area contributed by atoms with Gasteiger partial charge < -0.3 is 5.11 Å². The van der Waals surface area contributed by atoms with Gasteiger partial charge in [0.25, 0.3) is 0 Å². The van der Waals surface area contributed by atoms with Crippen LogP contribution in [0.15, 0.2) is 24.3 Å². The molecule has 78 valence electrons. The highest BCUT2D eigenvalue weighted by Gasteiger charge is 2.12. The summed E-state index contributed by atoms with van der Waals surface area (Å²) in [6.07, 6.45) is 1.80. The molecule has 0 heterocycles. The topological polar surface area (TPSA) is 20.2 Å². The molecule has 0 radical (unpaired) electrons. The van der Waals surface area contributed by atoms with Gasteiger partial charge in [0.15, 0.2) is 0 Å². The number of hydrogen-bond acceptors (Lipinski definition) is 1. The van der Waals surface area contributed by atoms with Crippen LogP contribution in [0.4, 0.5) is 0 Å². The Balaban J connectivity index is 2.63. The Kier molecular flexibility index (Phi) is 4.89. The highest BCUT2D eigenvalue weighted by molar-refractivity contribution is 14.1. The Hall–Kier alpha value is -0.0900. The molecule has 0 saturated heterocycles. The van der Waals surface area contributed by atoms with E-state index < -0.39 is 0 Å². The van der Waals surface area contributed by atoms with Gasteiger partial charge in [-0.2, -0.15) is 0 Å². The van der Waals surface area contributed by atoms with Crippen molar-refractivity contribution in [3.05, 3.63) is 33.4 Å². The van der Waals surface area contributed by atoms with E-state index in [1.54, 1.807) is 0 Å². The molecule has 0 saturated carbocycles. The molecule has 0 aliphatic heterocycles. The molecule has 0 bridgehead atoms. The van der Waals surface area contributed by atoms with Crippen LogP contribution in [-0.2, 0) is 6.42 Å². The number of aliphatic hydroxyl groups excluding tert-OH is 1. The molecule has 1 aromatic rings. The number of benzene rings is 1. The Labute approximate surface area is 99.7 Å². The highest BCUT2D eigenvalue weighted by atomic mass is 127. The lowest BCUT2D eigenvalue weighted by Gasteiger charge is -2.17. The van der Waals surface area contributed by atoms with Crippen LogP contribution < -0.4 is 0 Å². The Morgan fingerprint density at radius 2 is 1.86 bits per heavy atom. The lowest BCUT2D eigenvalue weighted by molar-refractivity contribution is 0.123. The quantitative estimate of drug-likeness (QED) is 0.847. The third-order valence-electron chi connectivity index (χ3n) is 2.62. The fourth-order valence-electron chi connectivity index (χ4n) is 1.58. The summed E-state index contributed by atoms with van der Waals surface area (Å²) in [7, 11) is 0. The molecule has 0 aromatic heterocycles. The van der Waals surface area contributed by atoms with Crippen LogP contribution in [0.3, 0.4) is 0 Å². The number of rotatable bonds is 4. The van der Waals surface area contributed by atoms with Crippen molar-refractivity contribution in [3.8, 4) is 0 Å². The minimum atomic E-state index is -0.209. The van der Waals surface area contributed by atoms with Crippen LogP contribution in [0.2, 0.25) is 0 Å². The van der Waals surface area contributed by atoms with Crippen LogP contribution in [0.25, 0.3) is 0 Å². The first kappa shape index (κ1) is 12.0. The Morgan fingerprint density at radius 3 is 2.29 bits per heavy atom. The van der Waals surface area contributed by atoms with E-state index in [-0.39, 0.29) is 6.10 Å². The van der Waals surface area contributed by atoms with E-state index in [1.165, 1.54) is 9.13 Å². The summed E-state index contributed by atoms with van der Waals surface area (Å²) in [6.45, 7) is 4.00. The molecule has 0 spiro atoms. The van der Waals surface area contributed by atoms with Crippen molar-refractivity contribution in [1.29, 1.82) is 0 Å². The summed E-state index contributed by atoms with van der Waals surface area (Å²) >= 11 is 2.30. The first-order valence-electron chi connectivity index (χ1n) is 5.06. The minimum absolute atomic E-state index is 0.209. The zero-order valence-corrected chi connectivity index (χ0v) is 10.9.